The Bertz CT molecular complexity index is 1400. The largest absolute Gasteiger partial charge is 0.444 e. The summed E-state index contributed by atoms with van der Waals surface area (Å²) in [4.78, 5) is 21.2. The first kappa shape index (κ1) is 20.0. The zero-order chi connectivity index (χ0) is 22.6. The maximum absolute atomic E-state index is 12.4. The Balaban J connectivity index is 1.64. The monoisotopic (exact) mass is 428 g/mol. The number of nitrogen functional groups attached to an aromatic ring is 1. The predicted molar refractivity (Wildman–Crippen MR) is 124 cm³/mol. The second-order valence-electron chi connectivity index (χ2n) is 8.95. The van der Waals surface area contributed by atoms with Crippen LogP contribution in [-0.2, 0) is 11.2 Å². The topological polar surface area (TPSA) is 107 Å². The first-order valence-electron chi connectivity index (χ1n) is 10.4. The van der Waals surface area contributed by atoms with Crippen molar-refractivity contribution >= 4 is 33.9 Å². The first-order chi connectivity index (χ1) is 15.2. The Labute approximate surface area is 185 Å². The molecule has 0 spiro atoms. The summed E-state index contributed by atoms with van der Waals surface area (Å²) in [6.07, 6.45) is 3.30. The van der Waals surface area contributed by atoms with E-state index < -0.39 is 11.7 Å². The van der Waals surface area contributed by atoms with Crippen molar-refractivity contribution in [2.75, 3.05) is 5.73 Å². The van der Waals surface area contributed by atoms with Crippen molar-refractivity contribution in [2.45, 2.75) is 38.8 Å². The van der Waals surface area contributed by atoms with E-state index in [2.05, 4.69) is 33.0 Å². The van der Waals surface area contributed by atoms with Gasteiger partial charge >= 0.3 is 6.09 Å². The highest BCUT2D eigenvalue weighted by Crippen LogP contribution is 2.44. The lowest BCUT2D eigenvalue weighted by Crippen LogP contribution is -2.39. The van der Waals surface area contributed by atoms with E-state index in [1.807, 2.05) is 51.2 Å². The normalized spacial score (nSPS) is 15.8. The third-order valence-electron chi connectivity index (χ3n) is 5.56. The number of alkyl carbamates (subject to hydrolysis) is 1. The van der Waals surface area contributed by atoms with Gasteiger partial charge in [-0.25, -0.2) is 14.3 Å². The molecule has 0 saturated heterocycles. The highest BCUT2D eigenvalue weighted by atomic mass is 16.6. The average molecular weight is 428 g/mol. The van der Waals surface area contributed by atoms with Gasteiger partial charge in [0, 0.05) is 34.7 Å². The van der Waals surface area contributed by atoms with Gasteiger partial charge in [-0.1, -0.05) is 24.8 Å². The van der Waals surface area contributed by atoms with Gasteiger partial charge in [-0.05, 0) is 38.5 Å². The Morgan fingerprint density at radius 3 is 2.81 bits per heavy atom. The summed E-state index contributed by atoms with van der Waals surface area (Å²) >= 11 is 0. The average Bonchev–Trinajstić information content (AvgIpc) is 3.22. The van der Waals surface area contributed by atoms with Gasteiger partial charge in [-0.15, -0.1) is 0 Å². The number of carbonyl (C=O) groups excluding carboxylic acids is 1. The van der Waals surface area contributed by atoms with Crippen molar-refractivity contribution in [3.8, 4) is 11.1 Å². The van der Waals surface area contributed by atoms with Crippen LogP contribution in [0.15, 0.2) is 49.4 Å². The number of fused-ring (bicyclic) bond motifs is 4. The number of nitrogens with one attached hydrogen (secondary N) is 1. The Kier molecular flexibility index (Phi) is 4.40. The summed E-state index contributed by atoms with van der Waals surface area (Å²) in [5.74, 6) is 0.377. The number of nitrogens with zero attached hydrogens (tertiary/aromatic N) is 4. The van der Waals surface area contributed by atoms with Crippen molar-refractivity contribution < 1.29 is 9.53 Å². The van der Waals surface area contributed by atoms with Gasteiger partial charge in [0.1, 0.15) is 17.4 Å². The van der Waals surface area contributed by atoms with Crippen LogP contribution >= 0.6 is 0 Å². The van der Waals surface area contributed by atoms with Gasteiger partial charge in [0.2, 0.25) is 0 Å². The zero-order valence-electron chi connectivity index (χ0n) is 18.2. The van der Waals surface area contributed by atoms with Gasteiger partial charge in [0.25, 0.3) is 0 Å². The summed E-state index contributed by atoms with van der Waals surface area (Å²) < 4.78 is 7.24. The molecule has 1 aromatic carbocycles. The highest BCUT2D eigenvalue weighted by molar-refractivity contribution is 6.01. The van der Waals surface area contributed by atoms with E-state index in [1.165, 1.54) is 6.33 Å². The summed E-state index contributed by atoms with van der Waals surface area (Å²) in [5.41, 5.74) is 11.7. The molecule has 4 aromatic rings. The van der Waals surface area contributed by atoms with E-state index in [0.29, 0.717) is 17.8 Å². The molecule has 1 aliphatic rings. The van der Waals surface area contributed by atoms with E-state index in [0.717, 1.165) is 38.9 Å². The third kappa shape index (κ3) is 3.24. The van der Waals surface area contributed by atoms with Crippen molar-refractivity contribution in [1.82, 2.24) is 24.9 Å². The summed E-state index contributed by atoms with van der Waals surface area (Å²) in [7, 11) is 0. The van der Waals surface area contributed by atoms with E-state index in [9.17, 15) is 4.79 Å². The minimum Gasteiger partial charge on any atom is -0.444 e. The van der Waals surface area contributed by atoms with Crippen LogP contribution in [0.1, 0.15) is 32.0 Å². The van der Waals surface area contributed by atoms with Crippen molar-refractivity contribution in [1.29, 1.82) is 0 Å². The molecule has 5 rings (SSSR count). The number of hydrogen-bond acceptors (Lipinski definition) is 6. The lowest BCUT2D eigenvalue weighted by molar-refractivity contribution is 0.0517. The fourth-order valence-corrected chi connectivity index (χ4v) is 4.28. The highest BCUT2D eigenvalue weighted by Gasteiger charge is 2.36. The minimum absolute atomic E-state index is 0.310. The molecule has 0 fully saturated rings. The second-order valence-corrected chi connectivity index (χ2v) is 8.95. The molecule has 8 heteroatoms. The van der Waals surface area contributed by atoms with Gasteiger partial charge < -0.3 is 15.8 Å². The second kappa shape index (κ2) is 7.05. The maximum Gasteiger partial charge on any atom is 0.408 e. The molecule has 8 nitrogen and oxygen atoms in total. The minimum atomic E-state index is -0.586. The molecule has 0 bridgehead atoms. The molecule has 0 radical (unpaired) electrons. The van der Waals surface area contributed by atoms with Gasteiger partial charge in [-0.2, -0.15) is 5.10 Å². The first-order valence-corrected chi connectivity index (χ1v) is 10.4. The quantitative estimate of drug-likeness (QED) is 0.500. The van der Waals surface area contributed by atoms with Crippen molar-refractivity contribution in [3.63, 3.8) is 0 Å². The number of hydrogen-bond donors (Lipinski definition) is 2. The number of amides is 1. The molecular formula is C24H24N6O2. The van der Waals surface area contributed by atoms with E-state index in [4.69, 9.17) is 10.5 Å². The predicted octanol–water partition coefficient (Wildman–Crippen LogP) is 3.99. The summed E-state index contributed by atoms with van der Waals surface area (Å²) in [6.45, 7) is 9.80. The van der Waals surface area contributed by atoms with Crippen LogP contribution in [0.4, 0.5) is 10.6 Å². The maximum atomic E-state index is 12.4. The Hall–Kier alpha value is -3.94. The van der Waals surface area contributed by atoms with Crippen LogP contribution in [0.2, 0.25) is 0 Å². The lowest BCUT2D eigenvalue weighted by Gasteiger charge is -2.22. The molecule has 0 aliphatic heterocycles. The smallest absolute Gasteiger partial charge is 0.408 e. The molecule has 32 heavy (non-hydrogen) atoms. The van der Waals surface area contributed by atoms with Crippen LogP contribution in [0.5, 0.6) is 0 Å². The van der Waals surface area contributed by atoms with Gasteiger partial charge in [0.15, 0.2) is 5.82 Å². The number of aromatic nitrogens is 4. The third-order valence-corrected chi connectivity index (χ3v) is 5.56. The lowest BCUT2D eigenvalue weighted by atomic mass is 9.98. The summed E-state index contributed by atoms with van der Waals surface area (Å²) in [5, 5.41) is 8.41. The number of rotatable bonds is 2. The fourth-order valence-electron chi connectivity index (χ4n) is 4.28. The molecule has 0 saturated carbocycles. The molecule has 1 unspecified atom stereocenters. The van der Waals surface area contributed by atoms with E-state index in [1.54, 1.807) is 4.52 Å². The number of ether oxygens (including phenoxy) is 1. The Morgan fingerprint density at radius 2 is 2.03 bits per heavy atom. The van der Waals surface area contributed by atoms with E-state index >= 15 is 0 Å². The SMILES string of the molecule is C=C1c2c(-c3cnc4ccccc4c3)c3c(N)ncnn3c2CC1NC(=O)OC(C)(C)C. The van der Waals surface area contributed by atoms with E-state index in [-0.39, 0.29) is 6.04 Å². The van der Waals surface area contributed by atoms with Crippen LogP contribution in [0.3, 0.4) is 0 Å². The number of nitrogens with two attached hydrogens (primary N) is 1. The van der Waals surface area contributed by atoms with Crippen LogP contribution in [0.25, 0.3) is 33.1 Å². The number of pyridine rings is 1. The molecule has 1 atom stereocenters. The molecular weight excluding hydrogens is 404 g/mol. The van der Waals surface area contributed by atoms with Crippen molar-refractivity contribution in [2.24, 2.45) is 0 Å². The summed E-state index contributed by atoms with van der Waals surface area (Å²) in [6, 6.07) is 9.69. The Morgan fingerprint density at radius 1 is 1.25 bits per heavy atom. The zero-order valence-corrected chi connectivity index (χ0v) is 18.2. The molecule has 1 amide bonds. The molecule has 3 heterocycles. The van der Waals surface area contributed by atoms with Crippen LogP contribution in [0, 0.1) is 0 Å². The number of benzene rings is 1. The van der Waals surface area contributed by atoms with Gasteiger partial charge in [0.05, 0.1) is 17.3 Å². The number of anilines is 1. The van der Waals surface area contributed by atoms with Crippen molar-refractivity contribution in [3.05, 3.63) is 60.7 Å². The molecule has 1 aliphatic carbocycles. The molecule has 162 valence electrons. The number of para-hydroxylation sites is 1. The fraction of sp³-hybridized carbons (Fsp3) is 0.250. The molecule has 3 N–H and O–H groups in total. The number of carbonyl (C=O) groups is 1. The molecule has 3 aromatic heterocycles. The standard InChI is InChI=1S/C24H24N6O2/c1-13-17(29-23(31)32-24(2,3)4)10-18-19(13)20(21-22(25)27-12-28-30(18)21)15-9-14-7-5-6-8-16(14)26-11-15/h5-9,11-12,17H,1,10H2,2-4H3,(H,29,31)(H2,25,27,28). The van der Waals surface area contributed by atoms with Gasteiger partial charge in [-0.3, -0.25) is 4.98 Å². The van der Waals surface area contributed by atoms with Crippen LogP contribution in [-0.4, -0.2) is 37.3 Å². The van der Waals surface area contributed by atoms with Crippen LogP contribution < -0.4 is 11.1 Å².